The number of likely N-dealkylation sites (N-methyl/N-ethyl adjacent to an activating group) is 2. The highest BCUT2D eigenvalue weighted by molar-refractivity contribution is 14.0. The number of benzene rings is 1. The molecule has 2 aromatic rings. The predicted octanol–water partition coefficient (Wildman–Crippen LogP) is 1.44. The molecule has 0 radical (unpaired) electrons. The van der Waals surface area contributed by atoms with Crippen molar-refractivity contribution in [2.45, 2.75) is 12.5 Å². The van der Waals surface area contributed by atoms with Gasteiger partial charge in [0.05, 0.1) is 5.69 Å². The first kappa shape index (κ1) is 22.6. The van der Waals surface area contributed by atoms with Crippen LogP contribution in [0.25, 0.3) is 5.69 Å². The lowest BCUT2D eigenvalue weighted by Crippen LogP contribution is -2.55. The number of aromatic nitrogens is 2. The van der Waals surface area contributed by atoms with E-state index in [-0.39, 0.29) is 24.0 Å². The van der Waals surface area contributed by atoms with Crippen molar-refractivity contribution in [3.8, 4) is 5.69 Å². The minimum Gasteiger partial charge on any atom is -0.356 e. The van der Waals surface area contributed by atoms with E-state index in [9.17, 15) is 0 Å². The molecule has 1 saturated heterocycles. The highest BCUT2D eigenvalue weighted by atomic mass is 127. The Balaban J connectivity index is 0.00000280. The van der Waals surface area contributed by atoms with Crippen LogP contribution in [0, 0.1) is 0 Å². The van der Waals surface area contributed by atoms with Gasteiger partial charge in [0.25, 0.3) is 0 Å². The van der Waals surface area contributed by atoms with Gasteiger partial charge in [-0.2, -0.15) is 5.10 Å². The average Bonchev–Trinajstić information content (AvgIpc) is 3.22. The zero-order valence-corrected chi connectivity index (χ0v) is 19.3. The molecule has 0 saturated carbocycles. The Morgan fingerprint density at radius 1 is 1.18 bits per heavy atom. The second kappa shape index (κ2) is 11.4. The lowest BCUT2D eigenvalue weighted by Gasteiger charge is -2.37. The van der Waals surface area contributed by atoms with Crippen molar-refractivity contribution in [3.63, 3.8) is 0 Å². The lowest BCUT2D eigenvalue weighted by molar-refractivity contribution is 0.116. The SMILES string of the molecule is CN=C(NCCc1ccc(-n2cccn2)cc1)NCC1CN(C)CCN1C.I. The van der Waals surface area contributed by atoms with Crippen LogP contribution in [0.1, 0.15) is 5.56 Å². The van der Waals surface area contributed by atoms with E-state index >= 15 is 0 Å². The molecular weight excluding hydrogens is 465 g/mol. The molecule has 1 aliphatic rings. The maximum absolute atomic E-state index is 4.35. The molecule has 1 unspecified atom stereocenters. The first-order valence-electron chi connectivity index (χ1n) is 9.58. The number of halogens is 1. The third-order valence-electron chi connectivity index (χ3n) is 5.12. The average molecular weight is 497 g/mol. The quantitative estimate of drug-likeness (QED) is 0.360. The fourth-order valence-corrected chi connectivity index (χ4v) is 3.32. The van der Waals surface area contributed by atoms with Gasteiger partial charge in [-0.15, -0.1) is 24.0 Å². The topological polar surface area (TPSA) is 60.7 Å². The maximum atomic E-state index is 4.35. The normalized spacial score (nSPS) is 18.5. The third-order valence-corrected chi connectivity index (χ3v) is 5.12. The van der Waals surface area contributed by atoms with E-state index in [0.29, 0.717) is 6.04 Å². The molecule has 2 heterocycles. The summed E-state index contributed by atoms with van der Waals surface area (Å²) in [5.41, 5.74) is 2.37. The first-order valence-corrected chi connectivity index (χ1v) is 9.58. The van der Waals surface area contributed by atoms with Gasteiger partial charge in [-0.05, 0) is 44.3 Å². The van der Waals surface area contributed by atoms with Crippen LogP contribution in [0.3, 0.4) is 0 Å². The van der Waals surface area contributed by atoms with Crippen LogP contribution < -0.4 is 10.6 Å². The summed E-state index contributed by atoms with van der Waals surface area (Å²) in [7, 11) is 6.21. The van der Waals surface area contributed by atoms with Gasteiger partial charge in [0, 0.05) is 58.2 Å². The van der Waals surface area contributed by atoms with E-state index in [1.807, 2.05) is 24.0 Å². The van der Waals surface area contributed by atoms with Crippen LogP contribution in [-0.2, 0) is 6.42 Å². The monoisotopic (exact) mass is 497 g/mol. The second-order valence-corrected chi connectivity index (χ2v) is 7.14. The molecule has 1 aliphatic heterocycles. The maximum Gasteiger partial charge on any atom is 0.191 e. The number of nitrogens with one attached hydrogen (secondary N) is 2. The molecule has 28 heavy (non-hydrogen) atoms. The number of rotatable bonds is 6. The van der Waals surface area contributed by atoms with Crippen LogP contribution in [0.2, 0.25) is 0 Å². The number of aliphatic imine (C=N–C) groups is 1. The Morgan fingerprint density at radius 2 is 1.96 bits per heavy atom. The minimum atomic E-state index is 0. The number of guanidine groups is 1. The summed E-state index contributed by atoms with van der Waals surface area (Å²) in [5, 5.41) is 11.1. The van der Waals surface area contributed by atoms with Gasteiger partial charge >= 0.3 is 0 Å². The zero-order chi connectivity index (χ0) is 19.1. The molecule has 0 aliphatic carbocycles. The van der Waals surface area contributed by atoms with E-state index in [1.165, 1.54) is 5.56 Å². The molecule has 2 N–H and O–H groups in total. The van der Waals surface area contributed by atoms with Crippen LogP contribution in [0.4, 0.5) is 0 Å². The zero-order valence-electron chi connectivity index (χ0n) is 17.0. The number of nitrogens with zero attached hydrogens (tertiary/aromatic N) is 5. The highest BCUT2D eigenvalue weighted by Crippen LogP contribution is 2.09. The molecule has 7 nitrogen and oxygen atoms in total. The van der Waals surface area contributed by atoms with Crippen molar-refractivity contribution >= 4 is 29.9 Å². The molecule has 3 rings (SSSR count). The van der Waals surface area contributed by atoms with Gasteiger partial charge in [0.15, 0.2) is 5.96 Å². The van der Waals surface area contributed by atoms with Crippen molar-refractivity contribution in [2.75, 3.05) is 53.9 Å². The van der Waals surface area contributed by atoms with Gasteiger partial charge in [0.2, 0.25) is 0 Å². The second-order valence-electron chi connectivity index (χ2n) is 7.14. The highest BCUT2D eigenvalue weighted by Gasteiger charge is 2.21. The van der Waals surface area contributed by atoms with Crippen LogP contribution in [0.15, 0.2) is 47.7 Å². The molecule has 154 valence electrons. The van der Waals surface area contributed by atoms with Gasteiger partial charge in [-0.1, -0.05) is 12.1 Å². The summed E-state index contributed by atoms with van der Waals surface area (Å²) >= 11 is 0. The Labute approximate surface area is 185 Å². The van der Waals surface area contributed by atoms with Crippen molar-refractivity contribution in [2.24, 2.45) is 4.99 Å². The molecule has 1 aromatic heterocycles. The van der Waals surface area contributed by atoms with Crippen molar-refractivity contribution in [1.29, 1.82) is 0 Å². The summed E-state index contributed by atoms with van der Waals surface area (Å²) in [5.74, 6) is 0.866. The van der Waals surface area contributed by atoms with Crippen molar-refractivity contribution in [1.82, 2.24) is 30.2 Å². The van der Waals surface area contributed by atoms with E-state index < -0.39 is 0 Å². The van der Waals surface area contributed by atoms with Crippen molar-refractivity contribution in [3.05, 3.63) is 48.3 Å². The standard InChI is InChI=1S/C20H31N7.HI/c1-21-20(23-15-19-16-25(2)13-14-26(19)3)22-11-9-17-5-7-18(8-6-17)27-12-4-10-24-27;/h4-8,10,12,19H,9,11,13-16H2,1-3H3,(H2,21,22,23);1H. The van der Waals surface area contributed by atoms with Crippen LogP contribution >= 0.6 is 24.0 Å². The van der Waals surface area contributed by atoms with E-state index in [4.69, 9.17) is 0 Å². The van der Waals surface area contributed by atoms with E-state index in [2.05, 4.69) is 68.9 Å². The molecule has 1 fully saturated rings. The van der Waals surface area contributed by atoms with Crippen LogP contribution in [-0.4, -0.2) is 85.4 Å². The molecule has 0 bridgehead atoms. The lowest BCUT2D eigenvalue weighted by atomic mass is 10.1. The Morgan fingerprint density at radius 3 is 2.64 bits per heavy atom. The number of piperazine rings is 1. The molecule has 0 amide bonds. The van der Waals surface area contributed by atoms with Gasteiger partial charge < -0.3 is 15.5 Å². The molecular formula is C20H32IN7. The fraction of sp³-hybridized carbons (Fsp3) is 0.500. The largest absolute Gasteiger partial charge is 0.356 e. The predicted molar refractivity (Wildman–Crippen MR) is 126 cm³/mol. The fourth-order valence-electron chi connectivity index (χ4n) is 3.32. The molecule has 8 heteroatoms. The summed E-state index contributed by atoms with van der Waals surface area (Å²) in [6, 6.07) is 11.0. The van der Waals surface area contributed by atoms with Crippen molar-refractivity contribution < 1.29 is 0 Å². The number of hydrogen-bond donors (Lipinski definition) is 2. The summed E-state index contributed by atoms with van der Waals surface area (Å²) in [6.07, 6.45) is 4.69. The minimum absolute atomic E-state index is 0. The summed E-state index contributed by atoms with van der Waals surface area (Å²) < 4.78 is 1.87. The molecule has 0 spiro atoms. The smallest absolute Gasteiger partial charge is 0.191 e. The Hall–Kier alpha value is -1.65. The Kier molecular flexibility index (Phi) is 9.20. The van der Waals surface area contributed by atoms with Gasteiger partial charge in [-0.25, -0.2) is 4.68 Å². The third kappa shape index (κ3) is 6.46. The van der Waals surface area contributed by atoms with Gasteiger partial charge in [0.1, 0.15) is 0 Å². The van der Waals surface area contributed by atoms with E-state index in [1.54, 1.807) is 6.20 Å². The summed E-state index contributed by atoms with van der Waals surface area (Å²) in [4.78, 5) is 9.15. The van der Waals surface area contributed by atoms with Crippen LogP contribution in [0.5, 0.6) is 0 Å². The van der Waals surface area contributed by atoms with E-state index in [0.717, 1.165) is 50.8 Å². The van der Waals surface area contributed by atoms with Gasteiger partial charge in [-0.3, -0.25) is 9.89 Å². The first-order chi connectivity index (χ1) is 13.2. The Bertz CT molecular complexity index is 715. The molecule has 1 atom stereocenters. The molecule has 1 aromatic carbocycles. The number of hydrogen-bond acceptors (Lipinski definition) is 4. The summed E-state index contributed by atoms with van der Waals surface area (Å²) in [6.45, 7) is 5.09.